The number of rotatable bonds is 6. The van der Waals surface area contributed by atoms with E-state index in [4.69, 9.17) is 5.11 Å². The summed E-state index contributed by atoms with van der Waals surface area (Å²) in [5.74, 6) is -1.05. The fraction of sp³-hybridized carbons (Fsp3) is 0.429. The molecule has 2 N–H and O–H groups in total. The molecule has 1 aromatic heterocycles. The molecule has 1 heterocycles. The Hall–Kier alpha value is -2.44. The van der Waals surface area contributed by atoms with E-state index in [-0.39, 0.29) is 23.9 Å². The number of amides is 1. The molecule has 0 aliphatic rings. The third-order valence-electron chi connectivity index (χ3n) is 3.33. The van der Waals surface area contributed by atoms with E-state index in [1.807, 2.05) is 13.8 Å². The molecule has 21 heavy (non-hydrogen) atoms. The number of aromatic nitrogens is 3. The molecule has 0 saturated carbocycles. The van der Waals surface area contributed by atoms with E-state index in [0.717, 1.165) is 6.42 Å². The number of fused-ring (bicyclic) bond motifs is 1. The first-order valence-corrected chi connectivity index (χ1v) is 6.87. The van der Waals surface area contributed by atoms with Crippen molar-refractivity contribution in [3.05, 3.63) is 23.8 Å². The lowest BCUT2D eigenvalue weighted by molar-refractivity contribution is -0.121. The summed E-state index contributed by atoms with van der Waals surface area (Å²) in [6.45, 7) is 4.31. The Kier molecular flexibility index (Phi) is 4.52. The minimum absolute atomic E-state index is 0.0533. The van der Waals surface area contributed by atoms with E-state index in [0.29, 0.717) is 17.6 Å². The van der Waals surface area contributed by atoms with Gasteiger partial charge in [0.1, 0.15) is 5.52 Å². The van der Waals surface area contributed by atoms with Crippen molar-refractivity contribution in [1.82, 2.24) is 20.3 Å². The molecule has 0 fully saturated rings. The van der Waals surface area contributed by atoms with E-state index >= 15 is 0 Å². The van der Waals surface area contributed by atoms with Gasteiger partial charge in [-0.2, -0.15) is 0 Å². The number of aromatic carboxylic acids is 1. The van der Waals surface area contributed by atoms with Gasteiger partial charge in [-0.1, -0.05) is 12.1 Å². The molecular weight excluding hydrogens is 272 g/mol. The van der Waals surface area contributed by atoms with Gasteiger partial charge in [0, 0.05) is 12.5 Å². The van der Waals surface area contributed by atoms with Gasteiger partial charge in [-0.3, -0.25) is 4.79 Å². The maximum atomic E-state index is 11.8. The minimum Gasteiger partial charge on any atom is -0.478 e. The fourth-order valence-corrected chi connectivity index (χ4v) is 1.92. The number of benzene rings is 1. The number of nitrogens with one attached hydrogen (secondary N) is 1. The van der Waals surface area contributed by atoms with Crippen LogP contribution in [-0.2, 0) is 11.3 Å². The van der Waals surface area contributed by atoms with Gasteiger partial charge in [0.05, 0.1) is 17.6 Å². The van der Waals surface area contributed by atoms with Gasteiger partial charge in [0.15, 0.2) is 0 Å². The topological polar surface area (TPSA) is 97.1 Å². The maximum absolute atomic E-state index is 11.8. The van der Waals surface area contributed by atoms with Crippen LogP contribution in [0.1, 0.15) is 37.0 Å². The fourth-order valence-electron chi connectivity index (χ4n) is 1.92. The summed E-state index contributed by atoms with van der Waals surface area (Å²) >= 11 is 0. The largest absolute Gasteiger partial charge is 0.478 e. The summed E-state index contributed by atoms with van der Waals surface area (Å²) in [7, 11) is 0. The number of carboxylic acids is 1. The van der Waals surface area contributed by atoms with Gasteiger partial charge in [0.2, 0.25) is 5.91 Å². The summed E-state index contributed by atoms with van der Waals surface area (Å²) in [6.07, 6.45) is 1.15. The normalized spacial score (nSPS) is 12.3. The lowest BCUT2D eigenvalue weighted by atomic mass is 10.2. The summed E-state index contributed by atoms with van der Waals surface area (Å²) in [6, 6.07) is 4.76. The van der Waals surface area contributed by atoms with Gasteiger partial charge in [-0.05, 0) is 31.5 Å². The van der Waals surface area contributed by atoms with Crippen molar-refractivity contribution >= 4 is 22.9 Å². The van der Waals surface area contributed by atoms with Crippen LogP contribution in [0.2, 0.25) is 0 Å². The Morgan fingerprint density at radius 3 is 2.86 bits per heavy atom. The first-order chi connectivity index (χ1) is 10.0. The first-order valence-electron chi connectivity index (χ1n) is 6.87. The molecule has 1 atom stereocenters. The van der Waals surface area contributed by atoms with Crippen LogP contribution in [0.4, 0.5) is 0 Å². The molecule has 1 unspecified atom stereocenters. The number of nitrogens with zero attached hydrogens (tertiary/aromatic N) is 3. The zero-order chi connectivity index (χ0) is 15.4. The van der Waals surface area contributed by atoms with Crippen LogP contribution < -0.4 is 5.32 Å². The Labute approximate surface area is 121 Å². The summed E-state index contributed by atoms with van der Waals surface area (Å²) in [5.41, 5.74) is 1.41. The van der Waals surface area contributed by atoms with E-state index in [1.165, 1.54) is 12.1 Å². The maximum Gasteiger partial charge on any atom is 0.335 e. The minimum atomic E-state index is -1.00. The van der Waals surface area contributed by atoms with Crippen molar-refractivity contribution in [3.8, 4) is 0 Å². The SMILES string of the molecule is CCC(C)NC(=O)CCn1nnc2ccc(C(=O)O)cc21. The Balaban J connectivity index is 2.10. The molecule has 0 radical (unpaired) electrons. The Morgan fingerprint density at radius 2 is 2.19 bits per heavy atom. The molecule has 0 bridgehead atoms. The quantitative estimate of drug-likeness (QED) is 0.839. The van der Waals surface area contributed by atoms with Crippen molar-refractivity contribution < 1.29 is 14.7 Å². The van der Waals surface area contributed by atoms with Crippen molar-refractivity contribution in [3.63, 3.8) is 0 Å². The van der Waals surface area contributed by atoms with Crippen LogP contribution in [0.5, 0.6) is 0 Å². The molecule has 1 aromatic carbocycles. The van der Waals surface area contributed by atoms with Crippen LogP contribution in [0.25, 0.3) is 11.0 Å². The molecule has 2 rings (SSSR count). The van der Waals surface area contributed by atoms with E-state index in [1.54, 1.807) is 10.7 Å². The van der Waals surface area contributed by atoms with Crippen LogP contribution in [0, 0.1) is 0 Å². The second-order valence-corrected chi connectivity index (χ2v) is 4.95. The average molecular weight is 290 g/mol. The van der Waals surface area contributed by atoms with Gasteiger partial charge in [-0.25, -0.2) is 9.48 Å². The van der Waals surface area contributed by atoms with Crippen LogP contribution in [-0.4, -0.2) is 38.0 Å². The highest BCUT2D eigenvalue weighted by molar-refractivity contribution is 5.92. The third-order valence-corrected chi connectivity index (χ3v) is 3.33. The van der Waals surface area contributed by atoms with Gasteiger partial charge < -0.3 is 10.4 Å². The van der Waals surface area contributed by atoms with Crippen LogP contribution in [0.15, 0.2) is 18.2 Å². The molecular formula is C14H18N4O3. The molecule has 0 spiro atoms. The molecule has 0 aliphatic heterocycles. The Morgan fingerprint density at radius 1 is 1.43 bits per heavy atom. The zero-order valence-electron chi connectivity index (χ0n) is 12.0. The standard InChI is InChI=1S/C14H18N4O3/c1-3-9(2)15-13(19)6-7-18-12-8-10(14(20)21)4-5-11(12)16-17-18/h4-5,8-9H,3,6-7H2,1-2H3,(H,15,19)(H,20,21). The van der Waals surface area contributed by atoms with Crippen molar-refractivity contribution in [2.24, 2.45) is 0 Å². The molecule has 0 aliphatic carbocycles. The molecule has 1 amide bonds. The van der Waals surface area contributed by atoms with Crippen LogP contribution in [0.3, 0.4) is 0 Å². The highest BCUT2D eigenvalue weighted by atomic mass is 16.4. The van der Waals surface area contributed by atoms with Crippen molar-refractivity contribution in [2.75, 3.05) is 0 Å². The lowest BCUT2D eigenvalue weighted by Crippen LogP contribution is -2.32. The van der Waals surface area contributed by atoms with Gasteiger partial charge >= 0.3 is 5.97 Å². The van der Waals surface area contributed by atoms with E-state index in [2.05, 4.69) is 15.6 Å². The molecule has 7 nitrogen and oxygen atoms in total. The van der Waals surface area contributed by atoms with Gasteiger partial charge in [-0.15, -0.1) is 5.10 Å². The second kappa shape index (κ2) is 6.34. The number of aryl methyl sites for hydroxylation is 1. The number of carbonyl (C=O) groups is 2. The molecule has 2 aromatic rings. The first kappa shape index (κ1) is 15.0. The van der Waals surface area contributed by atoms with E-state index < -0.39 is 5.97 Å². The van der Waals surface area contributed by atoms with Gasteiger partial charge in [0.25, 0.3) is 0 Å². The molecule has 7 heteroatoms. The third kappa shape index (κ3) is 3.56. The molecule has 0 saturated heterocycles. The monoisotopic (exact) mass is 290 g/mol. The number of hydrogen-bond acceptors (Lipinski definition) is 4. The Bertz CT molecular complexity index is 665. The predicted molar refractivity (Wildman–Crippen MR) is 77.0 cm³/mol. The summed E-state index contributed by atoms with van der Waals surface area (Å²) in [5, 5.41) is 19.8. The number of hydrogen-bond donors (Lipinski definition) is 2. The van der Waals surface area contributed by atoms with Crippen molar-refractivity contribution in [1.29, 1.82) is 0 Å². The smallest absolute Gasteiger partial charge is 0.335 e. The highest BCUT2D eigenvalue weighted by Crippen LogP contribution is 2.14. The predicted octanol–water partition coefficient (Wildman–Crippen LogP) is 1.43. The number of carboxylic acid groups (broad SMARTS) is 1. The van der Waals surface area contributed by atoms with E-state index in [9.17, 15) is 9.59 Å². The summed E-state index contributed by atoms with van der Waals surface area (Å²) < 4.78 is 1.55. The van der Waals surface area contributed by atoms with Crippen LogP contribution >= 0.6 is 0 Å². The van der Waals surface area contributed by atoms with Crippen molar-refractivity contribution in [2.45, 2.75) is 39.3 Å². The average Bonchev–Trinajstić information content (AvgIpc) is 2.87. The second-order valence-electron chi connectivity index (χ2n) is 4.95. The highest BCUT2D eigenvalue weighted by Gasteiger charge is 2.11. The zero-order valence-corrected chi connectivity index (χ0v) is 12.0. The summed E-state index contributed by atoms with van der Waals surface area (Å²) in [4.78, 5) is 22.7. The lowest BCUT2D eigenvalue weighted by Gasteiger charge is -2.11. The number of carbonyl (C=O) groups excluding carboxylic acids is 1. The molecule has 112 valence electrons.